The first-order chi connectivity index (χ1) is 9.53. The summed E-state index contributed by atoms with van der Waals surface area (Å²) in [5, 5.41) is 9.11. The fourth-order valence-corrected chi connectivity index (χ4v) is 2.39. The predicted octanol–water partition coefficient (Wildman–Crippen LogP) is 1.46. The third-order valence-corrected chi connectivity index (χ3v) is 3.61. The van der Waals surface area contributed by atoms with Gasteiger partial charge in [-0.3, -0.25) is 9.69 Å². The van der Waals surface area contributed by atoms with Crippen molar-refractivity contribution >= 4 is 5.97 Å². The van der Waals surface area contributed by atoms with Crippen molar-refractivity contribution in [1.82, 2.24) is 4.90 Å². The normalized spacial score (nSPS) is 22.9. The molecule has 0 aromatic heterocycles. The number of hydrogen-bond donors (Lipinski definition) is 2. The summed E-state index contributed by atoms with van der Waals surface area (Å²) in [6, 6.07) is 7.94. The van der Waals surface area contributed by atoms with E-state index in [0.29, 0.717) is 13.0 Å². The zero-order chi connectivity index (χ0) is 14.6. The maximum atomic E-state index is 11.1. The van der Waals surface area contributed by atoms with E-state index in [1.807, 2.05) is 24.3 Å². The van der Waals surface area contributed by atoms with Crippen LogP contribution in [0.3, 0.4) is 0 Å². The molecular formula is C15H22N2O3. The van der Waals surface area contributed by atoms with E-state index in [2.05, 4.69) is 11.8 Å². The van der Waals surface area contributed by atoms with Crippen molar-refractivity contribution in [2.75, 3.05) is 19.7 Å². The molecule has 2 rings (SSSR count). The molecule has 1 aliphatic heterocycles. The van der Waals surface area contributed by atoms with Crippen LogP contribution in [0.15, 0.2) is 24.3 Å². The minimum atomic E-state index is -1.09. The van der Waals surface area contributed by atoms with Gasteiger partial charge in [0.25, 0.3) is 0 Å². The van der Waals surface area contributed by atoms with Crippen molar-refractivity contribution in [1.29, 1.82) is 0 Å². The first-order valence-corrected chi connectivity index (χ1v) is 7.00. The number of carboxylic acids is 1. The third-order valence-electron chi connectivity index (χ3n) is 3.61. The van der Waals surface area contributed by atoms with Crippen molar-refractivity contribution < 1.29 is 14.6 Å². The van der Waals surface area contributed by atoms with Gasteiger partial charge >= 0.3 is 5.97 Å². The first kappa shape index (κ1) is 14.8. The van der Waals surface area contributed by atoms with E-state index in [1.165, 1.54) is 0 Å². The molecule has 110 valence electrons. The quantitative estimate of drug-likeness (QED) is 0.824. The average molecular weight is 278 g/mol. The van der Waals surface area contributed by atoms with Gasteiger partial charge in [0.05, 0.1) is 6.61 Å². The SMILES string of the molecule is CCCOc1ccc(CN2CCC(N)(C(=O)O)C2)cc1. The van der Waals surface area contributed by atoms with Gasteiger partial charge in [-0.2, -0.15) is 0 Å². The monoisotopic (exact) mass is 278 g/mol. The highest BCUT2D eigenvalue weighted by Gasteiger charge is 2.40. The molecular weight excluding hydrogens is 256 g/mol. The summed E-state index contributed by atoms with van der Waals surface area (Å²) in [7, 11) is 0. The lowest BCUT2D eigenvalue weighted by Crippen LogP contribution is -2.50. The summed E-state index contributed by atoms with van der Waals surface area (Å²) in [5.74, 6) is -0.0426. The van der Waals surface area contributed by atoms with Crippen molar-refractivity contribution in [2.45, 2.75) is 31.8 Å². The average Bonchev–Trinajstić information content (AvgIpc) is 2.81. The van der Waals surface area contributed by atoms with Gasteiger partial charge in [-0.15, -0.1) is 0 Å². The number of carboxylic acid groups (broad SMARTS) is 1. The Labute approximate surface area is 119 Å². The smallest absolute Gasteiger partial charge is 0.325 e. The van der Waals surface area contributed by atoms with E-state index < -0.39 is 11.5 Å². The van der Waals surface area contributed by atoms with E-state index in [0.717, 1.165) is 37.4 Å². The van der Waals surface area contributed by atoms with Crippen LogP contribution in [0.2, 0.25) is 0 Å². The number of carbonyl (C=O) groups is 1. The fraction of sp³-hybridized carbons (Fsp3) is 0.533. The molecule has 1 unspecified atom stereocenters. The number of benzene rings is 1. The minimum absolute atomic E-state index is 0.399. The number of likely N-dealkylation sites (tertiary alicyclic amines) is 1. The highest BCUT2D eigenvalue weighted by atomic mass is 16.5. The first-order valence-electron chi connectivity index (χ1n) is 7.00. The highest BCUT2D eigenvalue weighted by Crippen LogP contribution is 2.22. The van der Waals surface area contributed by atoms with Crippen LogP contribution in [0.25, 0.3) is 0 Å². The molecule has 0 amide bonds. The van der Waals surface area contributed by atoms with E-state index in [4.69, 9.17) is 15.6 Å². The summed E-state index contributed by atoms with van der Waals surface area (Å²) in [6.07, 6.45) is 1.49. The Balaban J connectivity index is 1.90. The van der Waals surface area contributed by atoms with Crippen molar-refractivity contribution in [3.05, 3.63) is 29.8 Å². The summed E-state index contributed by atoms with van der Waals surface area (Å²) in [4.78, 5) is 13.2. The van der Waals surface area contributed by atoms with Crippen molar-refractivity contribution in [3.63, 3.8) is 0 Å². The Kier molecular flexibility index (Phi) is 4.62. The summed E-state index contributed by atoms with van der Waals surface area (Å²) >= 11 is 0. The third kappa shape index (κ3) is 3.49. The molecule has 20 heavy (non-hydrogen) atoms. The molecule has 3 N–H and O–H groups in total. The highest BCUT2D eigenvalue weighted by molar-refractivity contribution is 5.79. The van der Waals surface area contributed by atoms with Gasteiger partial charge < -0.3 is 15.6 Å². The van der Waals surface area contributed by atoms with Crippen molar-refractivity contribution in [3.8, 4) is 5.75 Å². The molecule has 1 heterocycles. The molecule has 5 nitrogen and oxygen atoms in total. The van der Waals surface area contributed by atoms with Gasteiger partial charge in [-0.25, -0.2) is 0 Å². The topological polar surface area (TPSA) is 75.8 Å². The van der Waals surface area contributed by atoms with Gasteiger partial charge in [-0.05, 0) is 30.5 Å². The van der Waals surface area contributed by atoms with Crippen LogP contribution in [-0.4, -0.2) is 41.2 Å². The molecule has 1 aromatic carbocycles. The number of aliphatic carboxylic acids is 1. The number of hydrogen-bond acceptors (Lipinski definition) is 4. The van der Waals surface area contributed by atoms with Crippen LogP contribution in [0.1, 0.15) is 25.3 Å². The molecule has 0 saturated carbocycles. The Morgan fingerprint density at radius 3 is 2.70 bits per heavy atom. The van der Waals surface area contributed by atoms with E-state index in [9.17, 15) is 4.79 Å². The molecule has 1 aliphatic rings. The lowest BCUT2D eigenvalue weighted by molar-refractivity contribution is -0.142. The number of nitrogens with two attached hydrogens (primary N) is 1. The van der Waals surface area contributed by atoms with E-state index in [-0.39, 0.29) is 0 Å². The van der Waals surface area contributed by atoms with Gasteiger partial charge in [0.1, 0.15) is 11.3 Å². The zero-order valence-electron chi connectivity index (χ0n) is 11.8. The van der Waals surface area contributed by atoms with Crippen LogP contribution in [0.4, 0.5) is 0 Å². The van der Waals surface area contributed by atoms with Crippen LogP contribution in [-0.2, 0) is 11.3 Å². The predicted molar refractivity (Wildman–Crippen MR) is 76.7 cm³/mol. The lowest BCUT2D eigenvalue weighted by Gasteiger charge is -2.20. The Morgan fingerprint density at radius 1 is 1.45 bits per heavy atom. The summed E-state index contributed by atoms with van der Waals surface area (Å²) in [6.45, 7) is 4.64. The largest absolute Gasteiger partial charge is 0.494 e. The van der Waals surface area contributed by atoms with E-state index >= 15 is 0 Å². The number of rotatable bonds is 6. The molecule has 1 atom stereocenters. The van der Waals surface area contributed by atoms with Gasteiger partial charge in [0.2, 0.25) is 0 Å². The second kappa shape index (κ2) is 6.24. The van der Waals surface area contributed by atoms with E-state index in [1.54, 1.807) is 0 Å². The fourth-order valence-electron chi connectivity index (χ4n) is 2.39. The molecule has 1 aromatic rings. The Bertz CT molecular complexity index is 461. The molecule has 1 fully saturated rings. The van der Waals surface area contributed by atoms with Crippen molar-refractivity contribution in [2.24, 2.45) is 5.73 Å². The van der Waals surface area contributed by atoms with Gasteiger partial charge in [0.15, 0.2) is 0 Å². The minimum Gasteiger partial charge on any atom is -0.494 e. The van der Waals surface area contributed by atoms with Crippen LogP contribution in [0.5, 0.6) is 5.75 Å². The second-order valence-electron chi connectivity index (χ2n) is 5.41. The molecule has 5 heteroatoms. The van der Waals surface area contributed by atoms with Gasteiger partial charge in [-0.1, -0.05) is 19.1 Å². The molecule has 0 aliphatic carbocycles. The standard InChI is InChI=1S/C15H22N2O3/c1-2-9-20-13-5-3-12(4-6-13)10-17-8-7-15(16,11-17)14(18)19/h3-6H,2,7-11,16H2,1H3,(H,18,19). The molecule has 0 spiro atoms. The molecule has 0 bridgehead atoms. The zero-order valence-corrected chi connectivity index (χ0v) is 11.8. The van der Waals surface area contributed by atoms with Gasteiger partial charge in [0, 0.05) is 19.6 Å². The number of ether oxygens (including phenoxy) is 1. The van der Waals surface area contributed by atoms with Crippen LogP contribution < -0.4 is 10.5 Å². The Hall–Kier alpha value is -1.59. The summed E-state index contributed by atoms with van der Waals surface area (Å²) < 4.78 is 5.53. The summed E-state index contributed by atoms with van der Waals surface area (Å²) in [5.41, 5.74) is 5.91. The molecule has 1 saturated heterocycles. The Morgan fingerprint density at radius 2 is 2.15 bits per heavy atom. The second-order valence-corrected chi connectivity index (χ2v) is 5.41. The lowest BCUT2D eigenvalue weighted by atomic mass is 10.0. The number of nitrogens with zero attached hydrogens (tertiary/aromatic N) is 1. The maximum Gasteiger partial charge on any atom is 0.325 e. The van der Waals surface area contributed by atoms with Crippen LogP contribution in [0, 0.1) is 0 Å². The maximum absolute atomic E-state index is 11.1. The van der Waals surface area contributed by atoms with Crippen LogP contribution >= 0.6 is 0 Å². The molecule has 0 radical (unpaired) electrons.